The van der Waals surface area contributed by atoms with Crippen LogP contribution in [0, 0.1) is 0 Å². The molecule has 6 heteroatoms. The van der Waals surface area contributed by atoms with Gasteiger partial charge in [0.1, 0.15) is 0 Å². The summed E-state index contributed by atoms with van der Waals surface area (Å²) in [5.74, 6) is -0.107. The minimum Gasteiger partial charge on any atom is -0.394 e. The van der Waals surface area contributed by atoms with Crippen molar-refractivity contribution in [3.8, 4) is 0 Å². The van der Waals surface area contributed by atoms with Crippen LogP contribution in [0.15, 0.2) is 36.4 Å². The van der Waals surface area contributed by atoms with Gasteiger partial charge >= 0.3 is 0 Å². The third-order valence-electron chi connectivity index (χ3n) is 5.90. The Kier molecular flexibility index (Phi) is 7.13. The quantitative estimate of drug-likeness (QED) is 0.668. The normalized spacial score (nSPS) is 19.0. The largest absolute Gasteiger partial charge is 0.394 e. The SMILES string of the molecule is C[C@H]1c2cccc(CCC(C)(C)O)c2C[C@@H](CO)N1C(=O)Cc1c(Cl)cccc1Cl. The van der Waals surface area contributed by atoms with E-state index < -0.39 is 5.60 Å². The van der Waals surface area contributed by atoms with Gasteiger partial charge in [-0.15, -0.1) is 0 Å². The number of aliphatic hydroxyl groups is 2. The zero-order valence-electron chi connectivity index (χ0n) is 17.7. The fourth-order valence-electron chi connectivity index (χ4n) is 4.29. The van der Waals surface area contributed by atoms with E-state index in [1.807, 2.05) is 32.9 Å². The number of carbonyl (C=O) groups is 1. The zero-order chi connectivity index (χ0) is 22.1. The molecular weight excluding hydrogens is 421 g/mol. The Balaban J connectivity index is 1.90. The summed E-state index contributed by atoms with van der Waals surface area (Å²) in [7, 11) is 0. The van der Waals surface area contributed by atoms with Crippen LogP contribution in [-0.2, 0) is 24.1 Å². The Bertz CT molecular complexity index is 903. The summed E-state index contributed by atoms with van der Waals surface area (Å²) in [4.78, 5) is 15.0. The van der Waals surface area contributed by atoms with Crippen molar-refractivity contribution in [2.24, 2.45) is 0 Å². The molecule has 1 aliphatic heterocycles. The highest BCUT2D eigenvalue weighted by molar-refractivity contribution is 6.36. The van der Waals surface area contributed by atoms with E-state index in [2.05, 4.69) is 6.07 Å². The van der Waals surface area contributed by atoms with E-state index in [0.717, 1.165) is 12.0 Å². The highest BCUT2D eigenvalue weighted by atomic mass is 35.5. The fourth-order valence-corrected chi connectivity index (χ4v) is 4.82. The molecule has 0 fully saturated rings. The number of benzene rings is 2. The molecule has 0 saturated heterocycles. The Morgan fingerprint density at radius 3 is 2.40 bits per heavy atom. The molecule has 0 bridgehead atoms. The van der Waals surface area contributed by atoms with Crippen LogP contribution in [0.4, 0.5) is 0 Å². The Hall–Kier alpha value is -1.59. The number of halogens is 2. The smallest absolute Gasteiger partial charge is 0.227 e. The molecule has 0 spiro atoms. The van der Waals surface area contributed by atoms with Crippen LogP contribution in [-0.4, -0.2) is 39.3 Å². The van der Waals surface area contributed by atoms with Crippen LogP contribution >= 0.6 is 23.2 Å². The van der Waals surface area contributed by atoms with Crippen molar-refractivity contribution in [1.29, 1.82) is 0 Å². The van der Waals surface area contributed by atoms with Crippen molar-refractivity contribution in [2.75, 3.05) is 6.61 Å². The molecule has 162 valence electrons. The molecule has 2 N–H and O–H groups in total. The number of hydrogen-bond acceptors (Lipinski definition) is 3. The number of rotatable bonds is 6. The third kappa shape index (κ3) is 5.00. The van der Waals surface area contributed by atoms with Crippen LogP contribution in [0.3, 0.4) is 0 Å². The van der Waals surface area contributed by atoms with Crippen LogP contribution in [0.5, 0.6) is 0 Å². The Labute approximate surface area is 188 Å². The lowest BCUT2D eigenvalue weighted by Gasteiger charge is -2.42. The van der Waals surface area contributed by atoms with Gasteiger partial charge in [-0.05, 0) is 74.4 Å². The van der Waals surface area contributed by atoms with Gasteiger partial charge in [0.25, 0.3) is 0 Å². The van der Waals surface area contributed by atoms with Crippen molar-refractivity contribution in [3.05, 3.63) is 68.7 Å². The molecule has 0 unspecified atom stereocenters. The maximum Gasteiger partial charge on any atom is 0.227 e. The number of aryl methyl sites for hydroxylation is 1. The van der Waals surface area contributed by atoms with Gasteiger partial charge in [0.05, 0.1) is 30.7 Å². The van der Waals surface area contributed by atoms with Crippen LogP contribution in [0.2, 0.25) is 10.0 Å². The highest BCUT2D eigenvalue weighted by Gasteiger charge is 2.36. The van der Waals surface area contributed by atoms with Gasteiger partial charge in [0.15, 0.2) is 0 Å². The lowest BCUT2D eigenvalue weighted by Crippen LogP contribution is -2.49. The molecular formula is C24H29Cl2NO3. The second kappa shape index (κ2) is 9.27. The molecule has 2 aromatic rings. The summed E-state index contributed by atoms with van der Waals surface area (Å²) in [5, 5.41) is 21.1. The molecule has 0 aliphatic carbocycles. The van der Waals surface area contributed by atoms with E-state index in [4.69, 9.17) is 23.2 Å². The number of hydrogen-bond donors (Lipinski definition) is 2. The topological polar surface area (TPSA) is 60.8 Å². The van der Waals surface area contributed by atoms with Gasteiger partial charge in [-0.2, -0.15) is 0 Å². The van der Waals surface area contributed by atoms with Gasteiger partial charge in [0, 0.05) is 10.0 Å². The fraction of sp³-hybridized carbons (Fsp3) is 0.458. The first kappa shape index (κ1) is 23.1. The Morgan fingerprint density at radius 1 is 1.17 bits per heavy atom. The van der Waals surface area contributed by atoms with Gasteiger partial charge in [0.2, 0.25) is 5.91 Å². The van der Waals surface area contributed by atoms with Crippen molar-refractivity contribution >= 4 is 29.1 Å². The number of nitrogens with zero attached hydrogens (tertiary/aromatic N) is 1. The summed E-state index contributed by atoms with van der Waals surface area (Å²) < 4.78 is 0. The monoisotopic (exact) mass is 449 g/mol. The molecule has 1 amide bonds. The third-order valence-corrected chi connectivity index (χ3v) is 6.61. The molecule has 30 heavy (non-hydrogen) atoms. The second-order valence-corrected chi connectivity index (χ2v) is 9.51. The molecule has 1 heterocycles. The summed E-state index contributed by atoms with van der Waals surface area (Å²) in [5.41, 5.74) is 3.30. The molecule has 3 rings (SSSR count). The molecule has 0 aromatic heterocycles. The predicted molar refractivity (Wildman–Crippen MR) is 121 cm³/mol. The minimum atomic E-state index is -0.740. The second-order valence-electron chi connectivity index (χ2n) is 8.69. The van der Waals surface area contributed by atoms with Crippen LogP contribution in [0.25, 0.3) is 0 Å². The molecule has 2 atom stereocenters. The molecule has 0 radical (unpaired) electrons. The zero-order valence-corrected chi connectivity index (χ0v) is 19.2. The standard InChI is InChI=1S/C24H29Cl2NO3/c1-15-18-7-4-6-16(10-11-24(2,3)30)19(18)12-17(14-28)27(15)23(29)13-20-21(25)8-5-9-22(20)26/h4-9,15,17,28,30H,10-14H2,1-3H3/t15-,17-/m0/s1. The number of carbonyl (C=O) groups excluding carboxylic acids is 1. The Morgan fingerprint density at radius 2 is 1.80 bits per heavy atom. The van der Waals surface area contributed by atoms with Crippen molar-refractivity contribution < 1.29 is 15.0 Å². The molecule has 4 nitrogen and oxygen atoms in total. The van der Waals surface area contributed by atoms with E-state index in [1.54, 1.807) is 23.1 Å². The van der Waals surface area contributed by atoms with E-state index in [1.165, 1.54) is 11.1 Å². The van der Waals surface area contributed by atoms with E-state index in [9.17, 15) is 15.0 Å². The first-order valence-electron chi connectivity index (χ1n) is 10.3. The first-order chi connectivity index (χ1) is 14.1. The predicted octanol–water partition coefficient (Wildman–Crippen LogP) is 4.75. The number of aliphatic hydroxyl groups excluding tert-OH is 1. The highest BCUT2D eigenvalue weighted by Crippen LogP contribution is 2.36. The van der Waals surface area contributed by atoms with Gasteiger partial charge < -0.3 is 15.1 Å². The van der Waals surface area contributed by atoms with E-state index >= 15 is 0 Å². The van der Waals surface area contributed by atoms with Crippen LogP contribution in [0.1, 0.15) is 55.5 Å². The average molecular weight is 450 g/mol. The lowest BCUT2D eigenvalue weighted by atomic mass is 9.83. The van der Waals surface area contributed by atoms with Crippen molar-refractivity contribution in [2.45, 2.75) is 64.1 Å². The first-order valence-corrected chi connectivity index (χ1v) is 11.1. The van der Waals surface area contributed by atoms with Gasteiger partial charge in [-0.25, -0.2) is 0 Å². The molecule has 0 saturated carbocycles. The summed E-state index contributed by atoms with van der Waals surface area (Å²) in [6.45, 7) is 5.49. The van der Waals surface area contributed by atoms with E-state index in [0.29, 0.717) is 28.5 Å². The van der Waals surface area contributed by atoms with Gasteiger partial charge in [-0.3, -0.25) is 4.79 Å². The van der Waals surface area contributed by atoms with E-state index in [-0.39, 0.29) is 31.0 Å². The number of amides is 1. The van der Waals surface area contributed by atoms with Gasteiger partial charge in [-0.1, -0.05) is 47.5 Å². The minimum absolute atomic E-state index is 0.0903. The maximum atomic E-state index is 13.3. The average Bonchev–Trinajstić information content (AvgIpc) is 2.68. The number of fused-ring (bicyclic) bond motifs is 1. The summed E-state index contributed by atoms with van der Waals surface area (Å²) in [6, 6.07) is 10.8. The molecule has 1 aliphatic rings. The summed E-state index contributed by atoms with van der Waals surface area (Å²) in [6.07, 6.45) is 2.07. The van der Waals surface area contributed by atoms with Crippen LogP contribution < -0.4 is 0 Å². The molecule has 2 aromatic carbocycles. The summed E-state index contributed by atoms with van der Waals surface area (Å²) >= 11 is 12.5. The van der Waals surface area contributed by atoms with Crippen molar-refractivity contribution in [1.82, 2.24) is 4.90 Å². The van der Waals surface area contributed by atoms with Crippen molar-refractivity contribution in [3.63, 3.8) is 0 Å². The maximum absolute atomic E-state index is 13.3. The lowest BCUT2D eigenvalue weighted by molar-refractivity contribution is -0.137.